The highest BCUT2D eigenvalue weighted by atomic mass is 16.1. The lowest BCUT2D eigenvalue weighted by Crippen LogP contribution is -2.49. The van der Waals surface area contributed by atoms with Crippen LogP contribution in [0.2, 0.25) is 0 Å². The van der Waals surface area contributed by atoms with Crippen molar-refractivity contribution in [3.8, 4) is 0 Å². The first-order valence-electron chi connectivity index (χ1n) is 9.92. The third-order valence-electron chi connectivity index (χ3n) is 6.08. The molecule has 0 N–H and O–H groups in total. The maximum absolute atomic E-state index is 12.7. The van der Waals surface area contributed by atoms with Crippen molar-refractivity contribution in [2.75, 3.05) is 13.1 Å². The normalized spacial score (nSPS) is 25.5. The van der Waals surface area contributed by atoms with E-state index in [0.717, 1.165) is 26.1 Å². The number of hydrogen-bond donors (Lipinski definition) is 0. The first-order valence-corrected chi connectivity index (χ1v) is 9.92. The predicted octanol–water partition coefficient (Wildman–Crippen LogP) is 3.18. The van der Waals surface area contributed by atoms with Crippen LogP contribution in [0.1, 0.15) is 56.3 Å². The molecule has 2 bridgehead atoms. The zero-order valence-electron chi connectivity index (χ0n) is 16.1. The molecule has 4 heterocycles. The molecule has 5 nitrogen and oxygen atoms in total. The fraction of sp³-hybridized carbons (Fsp3) is 0.619. The number of rotatable bonds is 5. The molecule has 0 spiro atoms. The van der Waals surface area contributed by atoms with E-state index in [1.165, 1.54) is 24.1 Å². The highest BCUT2D eigenvalue weighted by Gasteiger charge is 2.40. The number of aromatic nitrogens is 3. The number of fused-ring (bicyclic) bond motifs is 4. The third kappa shape index (κ3) is 3.37. The minimum Gasteiger partial charge on any atom is -0.309 e. The molecule has 3 atom stereocenters. The minimum absolute atomic E-state index is 0.187. The second kappa shape index (κ2) is 7.03. The van der Waals surface area contributed by atoms with Crippen LogP contribution < -0.4 is 5.56 Å². The summed E-state index contributed by atoms with van der Waals surface area (Å²) in [4.78, 5) is 15.2. The smallest absolute Gasteiger partial charge is 0.250 e. The summed E-state index contributed by atoms with van der Waals surface area (Å²) in [5, 5.41) is 4.31. The summed E-state index contributed by atoms with van der Waals surface area (Å²) in [6.45, 7) is 7.61. The van der Waals surface area contributed by atoms with Crippen LogP contribution in [0.25, 0.3) is 0 Å². The van der Waals surface area contributed by atoms with Crippen molar-refractivity contribution < 1.29 is 0 Å². The largest absolute Gasteiger partial charge is 0.309 e. The van der Waals surface area contributed by atoms with Crippen LogP contribution in [0.3, 0.4) is 0 Å². The van der Waals surface area contributed by atoms with Gasteiger partial charge in [-0.05, 0) is 37.2 Å². The van der Waals surface area contributed by atoms with Crippen molar-refractivity contribution in [2.24, 2.45) is 18.9 Å². The van der Waals surface area contributed by atoms with E-state index in [-0.39, 0.29) is 5.56 Å². The van der Waals surface area contributed by atoms with E-state index in [1.54, 1.807) is 6.07 Å². The Balaban J connectivity index is 1.62. The first kappa shape index (κ1) is 17.5. The maximum Gasteiger partial charge on any atom is 0.250 e. The van der Waals surface area contributed by atoms with E-state index in [2.05, 4.69) is 40.7 Å². The molecule has 1 saturated heterocycles. The Kier molecular flexibility index (Phi) is 4.74. The van der Waals surface area contributed by atoms with Gasteiger partial charge in [-0.2, -0.15) is 5.10 Å². The van der Waals surface area contributed by atoms with Gasteiger partial charge in [-0.15, -0.1) is 0 Å². The standard InChI is InChI=1S/C21H30N4O/c1-15(2)7-8-20-18-9-17(19-5-4-6-21(26)25(19)20)13-24(14-18)12-16-10-22-23(3)11-16/h4-6,10-11,15,17-18,20H,7-9,12-14H2,1-3H3/t17-,18+,20+/m1/s1. The van der Waals surface area contributed by atoms with Gasteiger partial charge in [0.05, 0.1) is 6.20 Å². The zero-order chi connectivity index (χ0) is 18.3. The SMILES string of the molecule is CC(C)CC[C@H]1[C@H]2C[C@H](CN(Cc3cnn(C)c3)C2)c2cccc(=O)n21. The monoisotopic (exact) mass is 354 g/mol. The molecule has 2 aliphatic rings. The van der Waals surface area contributed by atoms with Crippen LogP contribution >= 0.6 is 0 Å². The summed E-state index contributed by atoms with van der Waals surface area (Å²) in [7, 11) is 1.97. The maximum atomic E-state index is 12.7. The van der Waals surface area contributed by atoms with Gasteiger partial charge in [0.25, 0.3) is 5.56 Å². The van der Waals surface area contributed by atoms with Gasteiger partial charge in [0, 0.05) is 62.2 Å². The van der Waals surface area contributed by atoms with E-state index in [1.807, 2.05) is 24.0 Å². The molecule has 26 heavy (non-hydrogen) atoms. The van der Waals surface area contributed by atoms with Crippen LogP contribution in [-0.2, 0) is 13.6 Å². The van der Waals surface area contributed by atoms with Crippen LogP contribution in [-0.4, -0.2) is 32.3 Å². The zero-order valence-corrected chi connectivity index (χ0v) is 16.1. The average Bonchev–Trinajstić information content (AvgIpc) is 3.00. The second-order valence-electron chi connectivity index (χ2n) is 8.61. The van der Waals surface area contributed by atoms with Gasteiger partial charge in [0.1, 0.15) is 0 Å². The highest BCUT2D eigenvalue weighted by molar-refractivity contribution is 5.19. The van der Waals surface area contributed by atoms with E-state index in [9.17, 15) is 4.79 Å². The molecule has 0 aromatic carbocycles. The topological polar surface area (TPSA) is 43.1 Å². The quantitative estimate of drug-likeness (QED) is 0.828. The molecule has 140 valence electrons. The molecule has 0 unspecified atom stereocenters. The van der Waals surface area contributed by atoms with Gasteiger partial charge >= 0.3 is 0 Å². The van der Waals surface area contributed by atoms with Crippen LogP contribution in [0.15, 0.2) is 35.4 Å². The number of likely N-dealkylation sites (tertiary alicyclic amines) is 1. The lowest BCUT2D eigenvalue weighted by atomic mass is 9.76. The minimum atomic E-state index is 0.187. The lowest BCUT2D eigenvalue weighted by Gasteiger charge is -2.47. The molecule has 0 aliphatic carbocycles. The fourth-order valence-corrected chi connectivity index (χ4v) is 4.95. The number of pyridine rings is 1. The molecule has 2 aliphatic heterocycles. The Labute approximate surface area is 155 Å². The molecule has 5 heteroatoms. The van der Waals surface area contributed by atoms with Crippen molar-refractivity contribution in [3.63, 3.8) is 0 Å². The summed E-state index contributed by atoms with van der Waals surface area (Å²) in [5.74, 6) is 1.71. The predicted molar refractivity (Wildman–Crippen MR) is 103 cm³/mol. The summed E-state index contributed by atoms with van der Waals surface area (Å²) < 4.78 is 4.02. The number of piperidine rings is 1. The van der Waals surface area contributed by atoms with Gasteiger partial charge in [0.15, 0.2) is 0 Å². The molecule has 0 saturated carbocycles. The van der Waals surface area contributed by atoms with Crippen LogP contribution in [0.5, 0.6) is 0 Å². The molecular formula is C21H30N4O. The Morgan fingerprint density at radius 2 is 2.12 bits per heavy atom. The van der Waals surface area contributed by atoms with Gasteiger partial charge < -0.3 is 4.57 Å². The number of hydrogen-bond acceptors (Lipinski definition) is 3. The molecular weight excluding hydrogens is 324 g/mol. The first-order chi connectivity index (χ1) is 12.5. The van der Waals surface area contributed by atoms with Crippen LogP contribution in [0.4, 0.5) is 0 Å². The third-order valence-corrected chi connectivity index (χ3v) is 6.08. The van der Waals surface area contributed by atoms with Crippen molar-refractivity contribution in [1.82, 2.24) is 19.2 Å². The van der Waals surface area contributed by atoms with E-state index >= 15 is 0 Å². The molecule has 1 fully saturated rings. The van der Waals surface area contributed by atoms with Crippen molar-refractivity contribution in [2.45, 2.75) is 51.6 Å². The molecule has 2 aromatic rings. The lowest BCUT2D eigenvalue weighted by molar-refractivity contribution is 0.0798. The van der Waals surface area contributed by atoms with Gasteiger partial charge in [0.2, 0.25) is 0 Å². The van der Waals surface area contributed by atoms with Gasteiger partial charge in [-0.3, -0.25) is 14.4 Å². The fourth-order valence-electron chi connectivity index (χ4n) is 4.95. The Morgan fingerprint density at radius 1 is 1.27 bits per heavy atom. The molecule has 2 aromatic heterocycles. The molecule has 0 radical (unpaired) electrons. The van der Waals surface area contributed by atoms with Crippen molar-refractivity contribution in [1.29, 1.82) is 0 Å². The summed E-state index contributed by atoms with van der Waals surface area (Å²) in [5.41, 5.74) is 2.71. The Bertz CT molecular complexity index is 821. The van der Waals surface area contributed by atoms with E-state index in [4.69, 9.17) is 0 Å². The second-order valence-corrected chi connectivity index (χ2v) is 8.61. The van der Waals surface area contributed by atoms with Gasteiger partial charge in [-0.25, -0.2) is 0 Å². The summed E-state index contributed by atoms with van der Waals surface area (Å²) >= 11 is 0. The van der Waals surface area contributed by atoms with Crippen molar-refractivity contribution in [3.05, 3.63) is 52.2 Å². The Hall–Kier alpha value is -1.88. The Morgan fingerprint density at radius 3 is 2.85 bits per heavy atom. The average molecular weight is 354 g/mol. The highest BCUT2D eigenvalue weighted by Crippen LogP contribution is 2.43. The van der Waals surface area contributed by atoms with Gasteiger partial charge in [-0.1, -0.05) is 19.9 Å². The van der Waals surface area contributed by atoms with Crippen LogP contribution in [0, 0.1) is 11.8 Å². The van der Waals surface area contributed by atoms with Crippen molar-refractivity contribution >= 4 is 0 Å². The molecule has 0 amide bonds. The van der Waals surface area contributed by atoms with E-state index < -0.39 is 0 Å². The number of nitrogens with zero attached hydrogens (tertiary/aromatic N) is 4. The summed E-state index contributed by atoms with van der Waals surface area (Å²) in [6, 6.07) is 6.20. The molecule has 4 rings (SSSR count). The number of aryl methyl sites for hydroxylation is 1. The summed E-state index contributed by atoms with van der Waals surface area (Å²) in [6.07, 6.45) is 7.58. The van der Waals surface area contributed by atoms with E-state index in [0.29, 0.717) is 23.8 Å².